The van der Waals surface area contributed by atoms with Gasteiger partial charge in [-0.05, 0) is 25.2 Å². The zero-order chi connectivity index (χ0) is 25.8. The summed E-state index contributed by atoms with van der Waals surface area (Å²) < 4.78 is 56.8. The van der Waals surface area contributed by atoms with Gasteiger partial charge in [0.15, 0.2) is 5.82 Å². The minimum Gasteiger partial charge on any atom is -0.396 e. The molecule has 1 saturated heterocycles. The van der Waals surface area contributed by atoms with Crippen molar-refractivity contribution in [2.45, 2.75) is 26.1 Å². The topological polar surface area (TPSA) is 100 Å². The average Bonchev–Trinajstić information content (AvgIpc) is 2.75. The Kier molecular flexibility index (Phi) is 6.49. The lowest BCUT2D eigenvalue weighted by Gasteiger charge is -2.45. The molecule has 0 unspecified atom stereocenters. The van der Waals surface area contributed by atoms with Crippen LogP contribution in [0.4, 0.5) is 29.2 Å². The van der Waals surface area contributed by atoms with Crippen LogP contribution in [0.5, 0.6) is 0 Å². The number of alkyl halides is 3. The van der Waals surface area contributed by atoms with Crippen LogP contribution in [0.25, 0.3) is 16.6 Å². The molecular weight excluding hydrogens is 515 g/mol. The van der Waals surface area contributed by atoms with Crippen LogP contribution in [0.1, 0.15) is 19.5 Å². The van der Waals surface area contributed by atoms with E-state index in [2.05, 4.69) is 14.9 Å². The predicted octanol–water partition coefficient (Wildman–Crippen LogP) is 3.65. The van der Waals surface area contributed by atoms with Gasteiger partial charge < -0.3 is 10.6 Å². The Morgan fingerprint density at radius 3 is 2.37 bits per heavy atom. The predicted molar refractivity (Wildman–Crippen MR) is 126 cm³/mol. The lowest BCUT2D eigenvalue weighted by Crippen LogP contribution is -2.60. The third-order valence-electron chi connectivity index (χ3n) is 6.06. The summed E-state index contributed by atoms with van der Waals surface area (Å²) in [5, 5.41) is -1.59. The molecule has 0 spiro atoms. The number of nitrogens with two attached hydrogens (primary N) is 1. The molecule has 4 rings (SSSR count). The number of anilines is 2. The molecule has 2 aromatic heterocycles. The van der Waals surface area contributed by atoms with Crippen molar-refractivity contribution in [1.82, 2.24) is 19.4 Å². The van der Waals surface area contributed by atoms with Crippen LogP contribution >= 0.6 is 23.2 Å². The third-order valence-corrected chi connectivity index (χ3v) is 6.65. The van der Waals surface area contributed by atoms with Crippen LogP contribution in [0.3, 0.4) is 0 Å². The Balaban J connectivity index is 1.96. The molecule has 1 aliphatic heterocycles. The van der Waals surface area contributed by atoms with E-state index in [-0.39, 0.29) is 21.6 Å². The number of nitrogens with zero attached hydrogens (tertiary/aromatic N) is 4. The average molecular weight is 535 g/mol. The summed E-state index contributed by atoms with van der Waals surface area (Å²) in [6, 6.07) is 1.53. The minimum absolute atomic E-state index is 0.00971. The first kappa shape index (κ1) is 25.3. The molecule has 188 valence electrons. The van der Waals surface area contributed by atoms with E-state index in [1.54, 1.807) is 4.90 Å². The largest absolute Gasteiger partial charge is 0.431 e. The smallest absolute Gasteiger partial charge is 0.396 e. The van der Waals surface area contributed by atoms with Gasteiger partial charge in [-0.2, -0.15) is 13.2 Å². The van der Waals surface area contributed by atoms with Gasteiger partial charge in [0.1, 0.15) is 16.9 Å². The van der Waals surface area contributed by atoms with Crippen molar-refractivity contribution in [3.63, 3.8) is 0 Å². The molecule has 3 heterocycles. The molecule has 35 heavy (non-hydrogen) atoms. The molecule has 3 N–H and O–H groups in total. The quantitative estimate of drug-likeness (QED) is 0.294. The fourth-order valence-corrected chi connectivity index (χ4v) is 4.63. The first-order valence-corrected chi connectivity index (χ1v) is 11.3. The Morgan fingerprint density at radius 1 is 1.17 bits per heavy atom. The van der Waals surface area contributed by atoms with E-state index in [9.17, 15) is 27.2 Å². The number of pyridine rings is 1. The number of hydrogen-bond donors (Lipinski definition) is 2. The molecule has 0 aliphatic carbocycles. The van der Waals surface area contributed by atoms with Crippen molar-refractivity contribution in [3.8, 4) is 5.69 Å². The first-order valence-electron chi connectivity index (χ1n) is 10.6. The molecule has 1 aliphatic rings. The van der Waals surface area contributed by atoms with Gasteiger partial charge in [-0.25, -0.2) is 9.37 Å². The third kappa shape index (κ3) is 4.23. The summed E-state index contributed by atoms with van der Waals surface area (Å²) in [7, 11) is 0. The monoisotopic (exact) mass is 534 g/mol. The molecule has 8 nitrogen and oxygen atoms in total. The van der Waals surface area contributed by atoms with Gasteiger partial charge in [0.2, 0.25) is 5.95 Å². The summed E-state index contributed by atoms with van der Waals surface area (Å²) in [4.78, 5) is 36.5. The number of fused-ring (bicyclic) bond motifs is 1. The zero-order valence-electron chi connectivity index (χ0n) is 18.5. The van der Waals surface area contributed by atoms with E-state index < -0.39 is 56.1 Å². The highest BCUT2D eigenvalue weighted by molar-refractivity contribution is 6.37. The van der Waals surface area contributed by atoms with Crippen LogP contribution in [0, 0.1) is 5.82 Å². The fourth-order valence-electron chi connectivity index (χ4n) is 4.18. The standard InChI is InChI=1S/C21H20Cl2F4N6O2/c1-3-31(4-2)9-7-32(8-9)20-29-16-10(18(34)30-20)5-13(21(25,26)27)33(19(16)35)17-14(24)11(22)6-12(23)15(17)28/h5-6,9H,3-4,7-8,28H2,1-2H3,(H,29,30,34). The van der Waals surface area contributed by atoms with Crippen molar-refractivity contribution in [2.75, 3.05) is 36.8 Å². The Labute approximate surface area is 205 Å². The molecule has 0 amide bonds. The highest BCUT2D eigenvalue weighted by Crippen LogP contribution is 2.37. The normalized spacial score (nSPS) is 14.7. The van der Waals surface area contributed by atoms with E-state index in [0.717, 1.165) is 19.2 Å². The molecule has 0 atom stereocenters. The zero-order valence-corrected chi connectivity index (χ0v) is 20.0. The molecule has 3 aromatic rings. The van der Waals surface area contributed by atoms with E-state index in [0.29, 0.717) is 19.2 Å². The van der Waals surface area contributed by atoms with Crippen LogP contribution in [-0.4, -0.2) is 51.7 Å². The summed E-state index contributed by atoms with van der Waals surface area (Å²) >= 11 is 11.7. The second-order valence-corrected chi connectivity index (χ2v) is 8.83. The lowest BCUT2D eigenvalue weighted by molar-refractivity contribution is -0.142. The van der Waals surface area contributed by atoms with E-state index in [1.807, 2.05) is 13.8 Å². The van der Waals surface area contributed by atoms with Crippen molar-refractivity contribution in [3.05, 3.63) is 54.4 Å². The number of benzene rings is 1. The Bertz CT molecular complexity index is 1400. The van der Waals surface area contributed by atoms with Crippen LogP contribution in [-0.2, 0) is 6.18 Å². The van der Waals surface area contributed by atoms with Gasteiger partial charge in [-0.1, -0.05) is 37.0 Å². The van der Waals surface area contributed by atoms with Gasteiger partial charge in [0, 0.05) is 19.1 Å². The second kappa shape index (κ2) is 8.99. The Morgan fingerprint density at radius 2 is 1.80 bits per heavy atom. The highest BCUT2D eigenvalue weighted by atomic mass is 35.5. The molecule has 0 bridgehead atoms. The fraction of sp³-hybridized carbons (Fsp3) is 0.381. The highest BCUT2D eigenvalue weighted by Gasteiger charge is 2.38. The summed E-state index contributed by atoms with van der Waals surface area (Å²) in [6.07, 6.45) is -5.17. The van der Waals surface area contributed by atoms with E-state index >= 15 is 0 Å². The van der Waals surface area contributed by atoms with Crippen molar-refractivity contribution < 1.29 is 17.6 Å². The molecule has 0 radical (unpaired) electrons. The van der Waals surface area contributed by atoms with Crippen LogP contribution in [0.2, 0.25) is 10.0 Å². The molecular formula is C21H20Cl2F4N6O2. The number of halogens is 6. The minimum atomic E-state index is -5.17. The SMILES string of the molecule is CCN(CC)C1CN(c2nc3c(=O)n(-c4c(N)c(Cl)cc(Cl)c4F)c(C(F)(F)F)cc3c(=O)[nH]2)C1. The molecule has 1 fully saturated rings. The number of hydrogen-bond acceptors (Lipinski definition) is 6. The van der Waals surface area contributed by atoms with Gasteiger partial charge >= 0.3 is 6.18 Å². The van der Waals surface area contributed by atoms with Crippen LogP contribution in [0.15, 0.2) is 21.7 Å². The van der Waals surface area contributed by atoms with Gasteiger partial charge in [0.25, 0.3) is 11.1 Å². The van der Waals surface area contributed by atoms with Gasteiger partial charge in [0.05, 0.1) is 21.1 Å². The van der Waals surface area contributed by atoms with E-state index in [1.165, 1.54) is 0 Å². The maximum absolute atomic E-state index is 14.9. The van der Waals surface area contributed by atoms with E-state index in [4.69, 9.17) is 28.9 Å². The van der Waals surface area contributed by atoms with Crippen LogP contribution < -0.4 is 21.8 Å². The number of likely N-dealkylation sites (N-methyl/N-ethyl adjacent to an activating group) is 1. The van der Waals surface area contributed by atoms with Gasteiger partial charge in [-0.15, -0.1) is 0 Å². The summed E-state index contributed by atoms with van der Waals surface area (Å²) in [6.45, 7) is 6.65. The number of nitrogen functional groups attached to an aromatic ring is 1. The summed E-state index contributed by atoms with van der Waals surface area (Å²) in [5.41, 5.74) is -0.403. The van der Waals surface area contributed by atoms with Crippen molar-refractivity contribution >= 4 is 45.7 Å². The number of aromatic amines is 1. The number of aromatic nitrogens is 3. The maximum atomic E-state index is 14.9. The lowest BCUT2D eigenvalue weighted by atomic mass is 10.1. The number of nitrogens with one attached hydrogen (secondary N) is 1. The molecule has 1 aromatic carbocycles. The number of rotatable bonds is 5. The summed E-state index contributed by atoms with van der Waals surface area (Å²) in [5.74, 6) is -1.36. The first-order chi connectivity index (χ1) is 16.4. The Hall–Kier alpha value is -2.83. The maximum Gasteiger partial charge on any atom is 0.431 e. The van der Waals surface area contributed by atoms with Crippen molar-refractivity contribution in [1.29, 1.82) is 0 Å². The molecule has 0 saturated carbocycles. The van der Waals surface area contributed by atoms with Gasteiger partial charge in [-0.3, -0.25) is 24.0 Å². The second-order valence-electron chi connectivity index (χ2n) is 8.02. The van der Waals surface area contributed by atoms with Crippen molar-refractivity contribution in [2.24, 2.45) is 0 Å². The molecule has 14 heteroatoms. The number of H-pyrrole nitrogens is 1.